The summed E-state index contributed by atoms with van der Waals surface area (Å²) >= 11 is 5.65. The number of carbonyl (C=O) groups is 2. The zero-order valence-electron chi connectivity index (χ0n) is 13.0. The van der Waals surface area contributed by atoms with E-state index in [1.165, 1.54) is 7.11 Å². The molecule has 1 amide bonds. The molecule has 3 rings (SSSR count). The van der Waals surface area contributed by atoms with Crippen LogP contribution in [0.5, 0.6) is 5.75 Å². The van der Waals surface area contributed by atoms with Crippen LogP contribution in [0.4, 0.5) is 0 Å². The van der Waals surface area contributed by atoms with E-state index in [9.17, 15) is 9.59 Å². The van der Waals surface area contributed by atoms with E-state index in [4.69, 9.17) is 21.1 Å². The van der Waals surface area contributed by atoms with Crippen LogP contribution in [0.15, 0.2) is 42.5 Å². The van der Waals surface area contributed by atoms with Crippen molar-refractivity contribution in [3.63, 3.8) is 0 Å². The normalized spacial score (nSPS) is 15.3. The minimum atomic E-state index is -0.449. The average Bonchev–Trinajstić information content (AvgIpc) is 2.78. The van der Waals surface area contributed by atoms with Crippen molar-refractivity contribution < 1.29 is 19.1 Å². The quantitative estimate of drug-likeness (QED) is 0.686. The van der Waals surface area contributed by atoms with Crippen molar-refractivity contribution in [2.24, 2.45) is 0 Å². The van der Waals surface area contributed by atoms with E-state index < -0.39 is 12.0 Å². The molecule has 1 aliphatic rings. The van der Waals surface area contributed by atoms with Crippen molar-refractivity contribution >= 4 is 23.5 Å². The molecule has 124 valence electrons. The number of halogens is 1. The van der Waals surface area contributed by atoms with Gasteiger partial charge in [0.25, 0.3) is 0 Å². The van der Waals surface area contributed by atoms with Gasteiger partial charge in [0.1, 0.15) is 18.2 Å². The van der Waals surface area contributed by atoms with E-state index in [-0.39, 0.29) is 11.8 Å². The fourth-order valence-corrected chi connectivity index (χ4v) is 2.85. The average molecular weight is 346 g/mol. The van der Waals surface area contributed by atoms with E-state index in [2.05, 4.69) is 5.32 Å². The maximum Gasteiger partial charge on any atom is 0.337 e. The summed E-state index contributed by atoms with van der Waals surface area (Å²) in [7, 11) is 1.33. The van der Waals surface area contributed by atoms with Gasteiger partial charge in [-0.15, -0.1) is 11.6 Å². The highest BCUT2D eigenvalue weighted by Crippen LogP contribution is 2.36. The number of carbonyl (C=O) groups excluding carboxylic acids is 2. The van der Waals surface area contributed by atoms with Gasteiger partial charge in [-0.3, -0.25) is 4.79 Å². The first-order valence-electron chi connectivity index (χ1n) is 7.42. The summed E-state index contributed by atoms with van der Waals surface area (Å²) in [6, 6.07) is 12.3. The van der Waals surface area contributed by atoms with Crippen molar-refractivity contribution in [2.75, 3.05) is 13.0 Å². The highest BCUT2D eigenvalue weighted by atomic mass is 35.5. The molecule has 0 fully saturated rings. The monoisotopic (exact) mass is 345 g/mol. The largest absolute Gasteiger partial charge is 0.489 e. The van der Waals surface area contributed by atoms with E-state index in [1.54, 1.807) is 18.2 Å². The van der Waals surface area contributed by atoms with Crippen molar-refractivity contribution in [1.29, 1.82) is 0 Å². The molecule has 5 nitrogen and oxygen atoms in total. The van der Waals surface area contributed by atoms with Crippen molar-refractivity contribution in [3.05, 3.63) is 64.7 Å². The molecule has 0 radical (unpaired) electrons. The standard InChI is InChI=1S/C18H16ClNO4/c1-23-18(22)11-6-7-15-14(8-11)17(20-16(21)9-19)13-5-3-2-4-12(13)10-24-15/h2-8,17H,9-10H2,1H3,(H,20,21). The Kier molecular flexibility index (Phi) is 4.71. The Labute approximate surface area is 144 Å². The second kappa shape index (κ2) is 6.93. The number of esters is 1. The summed E-state index contributed by atoms with van der Waals surface area (Å²) in [5.41, 5.74) is 2.97. The zero-order chi connectivity index (χ0) is 17.1. The molecule has 0 aromatic heterocycles. The summed E-state index contributed by atoms with van der Waals surface area (Å²) in [6.45, 7) is 0.383. The van der Waals surface area contributed by atoms with Gasteiger partial charge in [0.15, 0.2) is 0 Å². The van der Waals surface area contributed by atoms with Crippen molar-refractivity contribution in [3.8, 4) is 5.75 Å². The number of rotatable bonds is 3. The highest BCUT2D eigenvalue weighted by Gasteiger charge is 2.27. The van der Waals surface area contributed by atoms with Crippen LogP contribution in [-0.4, -0.2) is 24.9 Å². The second-order valence-corrected chi connectivity index (χ2v) is 5.63. The first-order valence-corrected chi connectivity index (χ1v) is 7.95. The molecule has 6 heteroatoms. The van der Waals surface area contributed by atoms with Gasteiger partial charge in [-0.1, -0.05) is 24.3 Å². The molecule has 0 spiro atoms. The van der Waals surface area contributed by atoms with Gasteiger partial charge in [-0.05, 0) is 29.3 Å². The molecular weight excluding hydrogens is 330 g/mol. The molecule has 2 aromatic carbocycles. The van der Waals surface area contributed by atoms with E-state index in [0.717, 1.165) is 11.1 Å². The Morgan fingerprint density at radius 3 is 2.79 bits per heavy atom. The van der Waals surface area contributed by atoms with Crippen LogP contribution in [-0.2, 0) is 16.1 Å². The number of nitrogens with one attached hydrogen (secondary N) is 1. The van der Waals surface area contributed by atoms with E-state index >= 15 is 0 Å². The molecule has 0 saturated heterocycles. The van der Waals surface area contributed by atoms with Gasteiger partial charge in [0.05, 0.1) is 18.7 Å². The number of methoxy groups -OCH3 is 1. The molecule has 0 aliphatic carbocycles. The van der Waals surface area contributed by atoms with Crippen LogP contribution in [0.2, 0.25) is 0 Å². The lowest BCUT2D eigenvalue weighted by Gasteiger charge is -2.20. The Hall–Kier alpha value is -2.53. The third-order valence-electron chi connectivity index (χ3n) is 3.92. The SMILES string of the molecule is COC(=O)c1ccc2c(c1)C(NC(=O)CCl)c1ccccc1CO2. The molecule has 1 unspecified atom stereocenters. The Morgan fingerprint density at radius 2 is 2.04 bits per heavy atom. The van der Waals surface area contributed by atoms with Crippen LogP contribution < -0.4 is 10.1 Å². The number of hydrogen-bond acceptors (Lipinski definition) is 4. The fourth-order valence-electron chi connectivity index (χ4n) is 2.78. The van der Waals surface area contributed by atoms with Crippen molar-refractivity contribution in [2.45, 2.75) is 12.6 Å². The number of benzene rings is 2. The Bertz CT molecular complexity index is 790. The molecular formula is C18H16ClNO4. The summed E-state index contributed by atoms with van der Waals surface area (Å²) < 4.78 is 10.6. The van der Waals surface area contributed by atoms with Crippen LogP contribution >= 0.6 is 11.6 Å². The third-order valence-corrected chi connectivity index (χ3v) is 4.16. The molecule has 1 heterocycles. The molecule has 0 saturated carbocycles. The third kappa shape index (κ3) is 3.08. The number of alkyl halides is 1. The minimum absolute atomic E-state index is 0.147. The maximum absolute atomic E-state index is 11.9. The molecule has 24 heavy (non-hydrogen) atoms. The summed E-state index contributed by atoms with van der Waals surface area (Å²) in [6.07, 6.45) is 0. The van der Waals surface area contributed by atoms with Crippen molar-refractivity contribution in [1.82, 2.24) is 5.32 Å². The Balaban J connectivity index is 2.13. The predicted octanol–water partition coefficient (Wildman–Crippen LogP) is 2.81. The number of fused-ring (bicyclic) bond motifs is 2. The summed E-state index contributed by atoms with van der Waals surface area (Å²) in [5, 5.41) is 2.90. The molecule has 0 bridgehead atoms. The van der Waals surface area contributed by atoms with Gasteiger partial charge >= 0.3 is 5.97 Å². The summed E-state index contributed by atoms with van der Waals surface area (Å²) in [4.78, 5) is 23.8. The molecule has 2 aromatic rings. The predicted molar refractivity (Wildman–Crippen MR) is 89.3 cm³/mol. The smallest absolute Gasteiger partial charge is 0.337 e. The fraction of sp³-hybridized carbons (Fsp3) is 0.222. The van der Waals surface area contributed by atoms with Crippen LogP contribution in [0.25, 0.3) is 0 Å². The van der Waals surface area contributed by atoms with Crippen LogP contribution in [0, 0.1) is 0 Å². The summed E-state index contributed by atoms with van der Waals surface area (Å²) in [5.74, 6) is -0.282. The van der Waals surface area contributed by atoms with Gasteiger partial charge < -0.3 is 14.8 Å². The van der Waals surface area contributed by atoms with E-state index in [0.29, 0.717) is 23.5 Å². The van der Waals surface area contributed by atoms with Gasteiger partial charge in [-0.25, -0.2) is 4.79 Å². The lowest BCUT2D eigenvalue weighted by molar-refractivity contribution is -0.119. The number of amides is 1. The minimum Gasteiger partial charge on any atom is -0.489 e. The van der Waals surface area contributed by atoms with Gasteiger partial charge in [-0.2, -0.15) is 0 Å². The van der Waals surface area contributed by atoms with Gasteiger partial charge in [0, 0.05) is 5.56 Å². The zero-order valence-corrected chi connectivity index (χ0v) is 13.8. The highest BCUT2D eigenvalue weighted by molar-refractivity contribution is 6.27. The molecule has 1 atom stereocenters. The number of hydrogen-bond donors (Lipinski definition) is 1. The second-order valence-electron chi connectivity index (χ2n) is 5.37. The van der Waals surface area contributed by atoms with E-state index in [1.807, 2.05) is 24.3 Å². The van der Waals surface area contributed by atoms with Crippen LogP contribution in [0.1, 0.15) is 33.1 Å². The lowest BCUT2D eigenvalue weighted by Crippen LogP contribution is -2.30. The van der Waals surface area contributed by atoms with Gasteiger partial charge in [0.2, 0.25) is 5.91 Å². The molecule has 1 N–H and O–H groups in total. The molecule has 1 aliphatic heterocycles. The first-order chi connectivity index (χ1) is 11.6. The first kappa shape index (κ1) is 16.3. The number of ether oxygens (including phenoxy) is 2. The van der Waals surface area contributed by atoms with Crippen LogP contribution in [0.3, 0.4) is 0 Å². The Morgan fingerprint density at radius 1 is 1.25 bits per heavy atom. The topological polar surface area (TPSA) is 64.6 Å². The lowest BCUT2D eigenvalue weighted by atomic mass is 9.94. The maximum atomic E-state index is 11.9.